The Morgan fingerprint density at radius 1 is 1.50 bits per heavy atom. The lowest BCUT2D eigenvalue weighted by atomic mass is 10.2. The minimum Gasteiger partial charge on any atom is -0.330 e. The van der Waals surface area contributed by atoms with E-state index in [2.05, 4.69) is 18.1 Å². The molecule has 0 N–H and O–H groups in total. The quantitative estimate of drug-likeness (QED) is 0.658. The predicted molar refractivity (Wildman–Crippen MR) is 53.5 cm³/mol. The molecule has 1 rings (SSSR count). The average Bonchev–Trinajstić information content (AvgIpc) is 2.52. The average molecular weight is 185 g/mol. The number of rotatable bonds is 4. The van der Waals surface area contributed by atoms with Crippen LogP contribution < -0.4 is 0 Å². The Balaban J connectivity index is 0.00000121. The highest BCUT2D eigenvalue weighted by Gasteiger charge is 2.01. The minimum atomic E-state index is 0. The van der Waals surface area contributed by atoms with Crippen LogP contribution in [0.3, 0.4) is 0 Å². The Morgan fingerprint density at radius 3 is 2.67 bits per heavy atom. The van der Waals surface area contributed by atoms with E-state index in [1.807, 2.05) is 22.9 Å². The molecule has 66 valence electrons. The molecule has 0 saturated heterocycles. The summed E-state index contributed by atoms with van der Waals surface area (Å²) in [5, 5.41) is 0. The lowest BCUT2D eigenvalue weighted by Gasteiger charge is -2.10. The van der Waals surface area contributed by atoms with Gasteiger partial charge in [0.05, 0.1) is 12.4 Å². The molecule has 0 aromatic carbocycles. The van der Waals surface area contributed by atoms with Gasteiger partial charge in [0.25, 0.3) is 0 Å². The van der Waals surface area contributed by atoms with Crippen molar-refractivity contribution in [2.24, 2.45) is 0 Å². The van der Waals surface area contributed by atoms with Crippen molar-refractivity contribution in [3.8, 4) is 0 Å². The van der Waals surface area contributed by atoms with Gasteiger partial charge in [-0.05, 0) is 6.42 Å². The van der Waals surface area contributed by atoms with Gasteiger partial charge in [0.15, 0.2) is 0 Å². The van der Waals surface area contributed by atoms with Crippen LogP contribution in [0.5, 0.6) is 0 Å². The number of aromatic nitrogens is 2. The zero-order valence-electron chi connectivity index (χ0n) is 6.89. The van der Waals surface area contributed by atoms with E-state index in [4.69, 9.17) is 0 Å². The fourth-order valence-electron chi connectivity index (χ4n) is 0.976. The van der Waals surface area contributed by atoms with Crippen LogP contribution in [0.25, 0.3) is 0 Å². The maximum absolute atomic E-state index is 3.95. The summed E-state index contributed by atoms with van der Waals surface area (Å²) in [4.78, 5) is 3.95. The molecule has 0 bridgehead atoms. The fraction of sp³-hybridized carbons (Fsp3) is 0.222. The minimum absolute atomic E-state index is 0. The monoisotopic (exact) mass is 184 g/mol. The molecule has 0 aliphatic rings. The van der Waals surface area contributed by atoms with Crippen molar-refractivity contribution in [2.45, 2.75) is 12.5 Å². The second-order valence-electron chi connectivity index (χ2n) is 2.34. The Labute approximate surface area is 79.0 Å². The van der Waals surface area contributed by atoms with Gasteiger partial charge in [-0.25, -0.2) is 4.98 Å². The van der Waals surface area contributed by atoms with E-state index in [-0.39, 0.29) is 12.4 Å². The summed E-state index contributed by atoms with van der Waals surface area (Å²) in [5.41, 5.74) is 0. The second kappa shape index (κ2) is 5.61. The fourth-order valence-corrected chi connectivity index (χ4v) is 0.976. The van der Waals surface area contributed by atoms with Crippen molar-refractivity contribution in [1.29, 1.82) is 0 Å². The summed E-state index contributed by atoms with van der Waals surface area (Å²) in [5.74, 6) is 0. The first kappa shape index (κ1) is 11.0. The van der Waals surface area contributed by atoms with Gasteiger partial charge in [-0.1, -0.05) is 12.2 Å². The third-order valence-corrected chi connectivity index (χ3v) is 1.59. The van der Waals surface area contributed by atoms with Gasteiger partial charge in [-0.2, -0.15) is 0 Å². The van der Waals surface area contributed by atoms with Gasteiger partial charge in [-0.15, -0.1) is 25.6 Å². The molecule has 0 aliphatic carbocycles. The van der Waals surface area contributed by atoms with E-state index in [0.717, 1.165) is 6.42 Å². The van der Waals surface area contributed by atoms with Crippen molar-refractivity contribution < 1.29 is 0 Å². The Kier molecular flexibility index (Phi) is 5.13. The molecule has 0 radical (unpaired) electrons. The van der Waals surface area contributed by atoms with Gasteiger partial charge in [-0.3, -0.25) is 0 Å². The zero-order chi connectivity index (χ0) is 8.10. The van der Waals surface area contributed by atoms with Gasteiger partial charge >= 0.3 is 0 Å². The van der Waals surface area contributed by atoms with Crippen LogP contribution in [0.1, 0.15) is 12.5 Å². The van der Waals surface area contributed by atoms with E-state index in [9.17, 15) is 0 Å². The summed E-state index contributed by atoms with van der Waals surface area (Å²) in [6.45, 7) is 7.42. The molecule has 1 aromatic rings. The van der Waals surface area contributed by atoms with E-state index in [1.165, 1.54) is 0 Å². The van der Waals surface area contributed by atoms with E-state index >= 15 is 0 Å². The van der Waals surface area contributed by atoms with Crippen LogP contribution in [-0.2, 0) is 0 Å². The number of allylic oxidation sites excluding steroid dienone is 2. The summed E-state index contributed by atoms with van der Waals surface area (Å²) >= 11 is 0. The molecule has 1 unspecified atom stereocenters. The molecule has 0 aliphatic heterocycles. The number of hydrogen-bond donors (Lipinski definition) is 0. The van der Waals surface area contributed by atoms with Gasteiger partial charge in [0.1, 0.15) is 0 Å². The maximum atomic E-state index is 3.95. The molecule has 0 spiro atoms. The SMILES string of the molecule is C=CCC(C=C)n1ccnc1.Cl. The molecule has 1 atom stereocenters. The van der Waals surface area contributed by atoms with Crippen LogP contribution in [0.2, 0.25) is 0 Å². The molecule has 1 heterocycles. The van der Waals surface area contributed by atoms with Crippen LogP contribution in [0.4, 0.5) is 0 Å². The number of hydrogen-bond acceptors (Lipinski definition) is 1. The van der Waals surface area contributed by atoms with Crippen LogP contribution in [0, 0.1) is 0 Å². The second-order valence-corrected chi connectivity index (χ2v) is 2.34. The van der Waals surface area contributed by atoms with Gasteiger partial charge in [0, 0.05) is 12.4 Å². The number of imidazole rings is 1. The smallest absolute Gasteiger partial charge is 0.0951 e. The summed E-state index contributed by atoms with van der Waals surface area (Å²) < 4.78 is 2.01. The highest BCUT2D eigenvalue weighted by molar-refractivity contribution is 5.85. The first-order chi connectivity index (χ1) is 5.38. The van der Waals surface area contributed by atoms with E-state index < -0.39 is 0 Å². The van der Waals surface area contributed by atoms with E-state index in [0.29, 0.717) is 6.04 Å². The third kappa shape index (κ3) is 2.55. The third-order valence-electron chi connectivity index (χ3n) is 1.59. The molecule has 0 saturated carbocycles. The molecule has 1 aromatic heterocycles. The highest BCUT2D eigenvalue weighted by atomic mass is 35.5. The molecular weight excluding hydrogens is 172 g/mol. The molecular formula is C9H13ClN2. The van der Waals surface area contributed by atoms with Crippen LogP contribution in [0.15, 0.2) is 44.0 Å². The van der Waals surface area contributed by atoms with E-state index in [1.54, 1.807) is 12.5 Å². The van der Waals surface area contributed by atoms with Gasteiger partial charge < -0.3 is 4.57 Å². The number of halogens is 1. The molecule has 12 heavy (non-hydrogen) atoms. The first-order valence-electron chi connectivity index (χ1n) is 3.59. The maximum Gasteiger partial charge on any atom is 0.0951 e. The Morgan fingerprint density at radius 2 is 2.25 bits per heavy atom. The van der Waals surface area contributed by atoms with Crippen molar-refractivity contribution in [1.82, 2.24) is 9.55 Å². The van der Waals surface area contributed by atoms with Gasteiger partial charge in [0.2, 0.25) is 0 Å². The first-order valence-corrected chi connectivity index (χ1v) is 3.59. The van der Waals surface area contributed by atoms with Crippen molar-refractivity contribution >= 4 is 12.4 Å². The molecule has 0 amide bonds. The lowest BCUT2D eigenvalue weighted by Crippen LogP contribution is -2.01. The standard InChI is InChI=1S/C9H12N2.ClH/c1-3-5-9(4-2)11-7-6-10-8-11;/h3-4,6-9H,1-2,5H2;1H. The molecule has 2 nitrogen and oxygen atoms in total. The van der Waals surface area contributed by atoms with Crippen LogP contribution >= 0.6 is 12.4 Å². The predicted octanol–water partition coefficient (Wildman–Crippen LogP) is 2.61. The summed E-state index contributed by atoms with van der Waals surface area (Å²) in [6.07, 6.45) is 10.2. The normalized spacial score (nSPS) is 11.3. The lowest BCUT2D eigenvalue weighted by molar-refractivity contribution is 0.613. The van der Waals surface area contributed by atoms with Crippen LogP contribution in [-0.4, -0.2) is 9.55 Å². The zero-order valence-corrected chi connectivity index (χ0v) is 7.70. The molecule has 3 heteroatoms. The number of nitrogens with zero attached hydrogens (tertiary/aromatic N) is 2. The highest BCUT2D eigenvalue weighted by Crippen LogP contribution is 2.11. The Hall–Kier alpha value is -1.02. The van der Waals surface area contributed by atoms with Crippen molar-refractivity contribution in [3.63, 3.8) is 0 Å². The van der Waals surface area contributed by atoms with Crippen molar-refractivity contribution in [3.05, 3.63) is 44.0 Å². The summed E-state index contributed by atoms with van der Waals surface area (Å²) in [7, 11) is 0. The molecule has 0 fully saturated rings. The largest absolute Gasteiger partial charge is 0.330 e. The summed E-state index contributed by atoms with van der Waals surface area (Å²) in [6, 6.07) is 0.301. The Bertz CT molecular complexity index is 229. The van der Waals surface area contributed by atoms with Crippen molar-refractivity contribution in [2.75, 3.05) is 0 Å². The topological polar surface area (TPSA) is 17.8 Å².